The summed E-state index contributed by atoms with van der Waals surface area (Å²) in [5.41, 5.74) is 10.6. The van der Waals surface area contributed by atoms with Crippen molar-refractivity contribution in [3.05, 3.63) is 0 Å². The van der Waals surface area contributed by atoms with Crippen molar-refractivity contribution >= 4 is 23.7 Å². The Kier molecular flexibility index (Phi) is 9.73. The van der Waals surface area contributed by atoms with Gasteiger partial charge >= 0.3 is 5.97 Å². The minimum absolute atomic E-state index is 0.0665. The SMILES string of the molecule is CC(C)C[C@H](NC(=O)[C@H](CC(C)C)NC(=O)[C@@H](N)CC(N)=O)C(=O)O. The molecule has 0 fully saturated rings. The maximum Gasteiger partial charge on any atom is 0.326 e. The van der Waals surface area contributed by atoms with Crippen molar-refractivity contribution in [2.24, 2.45) is 23.3 Å². The van der Waals surface area contributed by atoms with Crippen LogP contribution in [0.25, 0.3) is 0 Å². The first-order chi connectivity index (χ1) is 11.4. The third-order valence-corrected chi connectivity index (χ3v) is 3.42. The first-order valence-corrected chi connectivity index (χ1v) is 8.31. The smallest absolute Gasteiger partial charge is 0.326 e. The fourth-order valence-electron chi connectivity index (χ4n) is 2.26. The molecule has 0 aliphatic rings. The Bertz CT molecular complexity index is 493. The maximum absolute atomic E-state index is 12.4. The lowest BCUT2D eigenvalue weighted by Gasteiger charge is -2.24. The van der Waals surface area contributed by atoms with Crippen LogP contribution in [-0.4, -0.2) is 46.9 Å². The first kappa shape index (κ1) is 22.8. The summed E-state index contributed by atoms with van der Waals surface area (Å²) in [7, 11) is 0. The van der Waals surface area contributed by atoms with Crippen LogP contribution < -0.4 is 22.1 Å². The van der Waals surface area contributed by atoms with Crippen LogP contribution in [0.15, 0.2) is 0 Å². The van der Waals surface area contributed by atoms with Crippen molar-refractivity contribution in [2.75, 3.05) is 0 Å². The lowest BCUT2D eigenvalue weighted by Crippen LogP contribution is -2.55. The van der Waals surface area contributed by atoms with Crippen LogP contribution in [0.5, 0.6) is 0 Å². The standard InChI is InChI=1S/C16H30N4O5/c1-8(2)5-11(19-14(22)10(17)7-13(18)21)15(23)20-12(16(24)25)6-9(3)4/h8-12H,5-7,17H2,1-4H3,(H2,18,21)(H,19,22)(H,20,23)(H,24,25)/t10-,11-,12-/m0/s1. The maximum atomic E-state index is 12.4. The number of carboxylic acids is 1. The van der Waals surface area contributed by atoms with Gasteiger partial charge in [0.05, 0.1) is 12.5 Å². The number of carbonyl (C=O) groups is 4. The van der Waals surface area contributed by atoms with Crippen LogP contribution in [0.1, 0.15) is 47.0 Å². The molecule has 0 rings (SSSR count). The van der Waals surface area contributed by atoms with Gasteiger partial charge in [0.1, 0.15) is 12.1 Å². The zero-order valence-corrected chi connectivity index (χ0v) is 15.2. The molecule has 0 bridgehead atoms. The van der Waals surface area contributed by atoms with Gasteiger partial charge < -0.3 is 27.2 Å². The lowest BCUT2D eigenvalue weighted by molar-refractivity contribution is -0.142. The van der Waals surface area contributed by atoms with Crippen molar-refractivity contribution in [2.45, 2.75) is 65.1 Å². The van der Waals surface area contributed by atoms with Gasteiger partial charge in [-0.25, -0.2) is 4.79 Å². The van der Waals surface area contributed by atoms with E-state index in [1.54, 1.807) is 0 Å². The number of primary amides is 1. The molecule has 0 heterocycles. The normalized spacial score (nSPS) is 14.7. The number of rotatable bonds is 11. The molecular weight excluding hydrogens is 328 g/mol. The molecular formula is C16H30N4O5. The summed E-state index contributed by atoms with van der Waals surface area (Å²) in [5.74, 6) is -3.01. The van der Waals surface area contributed by atoms with Crippen LogP contribution in [-0.2, 0) is 19.2 Å². The number of nitrogens with two attached hydrogens (primary N) is 2. The summed E-state index contributed by atoms with van der Waals surface area (Å²) in [6.07, 6.45) is 0.229. The van der Waals surface area contributed by atoms with Crippen LogP contribution in [0.4, 0.5) is 0 Å². The second-order valence-electron chi connectivity index (χ2n) is 7.00. The molecule has 25 heavy (non-hydrogen) atoms. The number of hydrogen-bond donors (Lipinski definition) is 5. The molecule has 144 valence electrons. The van der Waals surface area contributed by atoms with E-state index in [2.05, 4.69) is 10.6 Å². The van der Waals surface area contributed by atoms with Crippen LogP contribution in [0.3, 0.4) is 0 Å². The van der Waals surface area contributed by atoms with Gasteiger partial charge in [-0.2, -0.15) is 0 Å². The van der Waals surface area contributed by atoms with Crippen molar-refractivity contribution in [3.63, 3.8) is 0 Å². The van der Waals surface area contributed by atoms with Gasteiger partial charge in [-0.1, -0.05) is 27.7 Å². The van der Waals surface area contributed by atoms with E-state index in [1.807, 2.05) is 27.7 Å². The largest absolute Gasteiger partial charge is 0.480 e. The predicted molar refractivity (Wildman–Crippen MR) is 92.2 cm³/mol. The molecule has 3 atom stereocenters. The Morgan fingerprint density at radius 1 is 0.880 bits per heavy atom. The van der Waals surface area contributed by atoms with E-state index < -0.39 is 41.8 Å². The summed E-state index contributed by atoms with van der Waals surface area (Å²) in [6.45, 7) is 7.41. The second-order valence-corrected chi connectivity index (χ2v) is 7.00. The van der Waals surface area contributed by atoms with E-state index in [0.29, 0.717) is 6.42 Å². The molecule has 9 nitrogen and oxygen atoms in total. The third kappa shape index (κ3) is 9.65. The highest BCUT2D eigenvalue weighted by molar-refractivity contribution is 5.93. The summed E-state index contributed by atoms with van der Waals surface area (Å²) >= 11 is 0. The molecule has 0 aliphatic carbocycles. The van der Waals surface area contributed by atoms with Crippen LogP contribution >= 0.6 is 0 Å². The van der Waals surface area contributed by atoms with Crippen molar-refractivity contribution in [1.29, 1.82) is 0 Å². The molecule has 0 radical (unpaired) electrons. The van der Waals surface area contributed by atoms with E-state index >= 15 is 0 Å². The molecule has 0 aromatic carbocycles. The van der Waals surface area contributed by atoms with E-state index in [1.165, 1.54) is 0 Å². The highest BCUT2D eigenvalue weighted by atomic mass is 16.4. The zero-order valence-electron chi connectivity index (χ0n) is 15.2. The van der Waals surface area contributed by atoms with Gasteiger partial charge in [0.2, 0.25) is 17.7 Å². The highest BCUT2D eigenvalue weighted by Gasteiger charge is 2.29. The average Bonchev–Trinajstić information content (AvgIpc) is 2.43. The molecule has 0 saturated heterocycles. The van der Waals surface area contributed by atoms with Gasteiger partial charge in [0.25, 0.3) is 0 Å². The van der Waals surface area contributed by atoms with Gasteiger partial charge in [-0.05, 0) is 24.7 Å². The Labute approximate surface area is 147 Å². The van der Waals surface area contributed by atoms with E-state index in [0.717, 1.165) is 0 Å². The number of carboxylic acid groups (broad SMARTS) is 1. The fourth-order valence-corrected chi connectivity index (χ4v) is 2.26. The molecule has 0 saturated carbocycles. The van der Waals surface area contributed by atoms with Crippen LogP contribution in [0.2, 0.25) is 0 Å². The van der Waals surface area contributed by atoms with Crippen molar-refractivity contribution in [1.82, 2.24) is 10.6 Å². The molecule has 7 N–H and O–H groups in total. The zero-order chi connectivity index (χ0) is 19.7. The summed E-state index contributed by atoms with van der Waals surface area (Å²) in [6, 6.07) is -3.15. The topological polar surface area (TPSA) is 165 Å². The average molecular weight is 358 g/mol. The van der Waals surface area contributed by atoms with Gasteiger partial charge in [-0.15, -0.1) is 0 Å². The van der Waals surface area contributed by atoms with E-state index in [-0.39, 0.29) is 24.7 Å². The second kappa shape index (κ2) is 10.7. The molecule has 0 spiro atoms. The number of aliphatic carboxylic acids is 1. The fraction of sp³-hybridized carbons (Fsp3) is 0.750. The molecule has 0 aromatic rings. The Balaban J connectivity index is 5.05. The molecule has 0 unspecified atom stereocenters. The number of carbonyl (C=O) groups excluding carboxylic acids is 3. The molecule has 9 heteroatoms. The molecule has 0 aliphatic heterocycles. The highest BCUT2D eigenvalue weighted by Crippen LogP contribution is 2.09. The minimum atomic E-state index is -1.16. The quantitative estimate of drug-likeness (QED) is 0.329. The number of amides is 3. The Morgan fingerprint density at radius 3 is 1.72 bits per heavy atom. The Hall–Kier alpha value is -2.16. The third-order valence-electron chi connectivity index (χ3n) is 3.42. The summed E-state index contributed by atoms with van der Waals surface area (Å²) < 4.78 is 0. The van der Waals surface area contributed by atoms with Gasteiger partial charge in [-0.3, -0.25) is 14.4 Å². The first-order valence-electron chi connectivity index (χ1n) is 8.31. The predicted octanol–water partition coefficient (Wildman–Crippen LogP) is -0.664. The summed E-state index contributed by atoms with van der Waals surface area (Å²) in [5, 5.41) is 14.2. The van der Waals surface area contributed by atoms with Crippen LogP contribution in [0, 0.1) is 11.8 Å². The molecule has 0 aromatic heterocycles. The lowest BCUT2D eigenvalue weighted by atomic mass is 10.00. The van der Waals surface area contributed by atoms with Gasteiger partial charge in [0.15, 0.2) is 0 Å². The minimum Gasteiger partial charge on any atom is -0.480 e. The number of nitrogens with one attached hydrogen (secondary N) is 2. The van der Waals surface area contributed by atoms with Crippen molar-refractivity contribution < 1.29 is 24.3 Å². The van der Waals surface area contributed by atoms with Crippen molar-refractivity contribution in [3.8, 4) is 0 Å². The Morgan fingerprint density at radius 2 is 1.32 bits per heavy atom. The van der Waals surface area contributed by atoms with E-state index in [4.69, 9.17) is 11.5 Å². The molecule has 3 amide bonds. The monoisotopic (exact) mass is 358 g/mol. The van der Waals surface area contributed by atoms with Gasteiger partial charge in [0, 0.05) is 0 Å². The number of hydrogen-bond acceptors (Lipinski definition) is 5. The van der Waals surface area contributed by atoms with E-state index in [9.17, 15) is 24.3 Å². The summed E-state index contributed by atoms with van der Waals surface area (Å²) in [4.78, 5) is 46.6.